The van der Waals surface area contributed by atoms with Crippen LogP contribution in [0.2, 0.25) is 0 Å². The van der Waals surface area contributed by atoms with Gasteiger partial charge in [0.15, 0.2) is 0 Å². The Balaban J connectivity index is 3.82. The Bertz CT molecular complexity index is 316. The Morgan fingerprint density at radius 2 is 1.94 bits per heavy atom. The van der Waals surface area contributed by atoms with E-state index in [-0.39, 0.29) is 24.9 Å². The third kappa shape index (κ3) is 6.76. The van der Waals surface area contributed by atoms with E-state index in [9.17, 15) is 13.2 Å². The normalized spacial score (nSPS) is 15.5. The standard InChI is InChI=1S/C9H21N3O3S/c1-4-7(2)8(10)9(13)11-5-6-12-16(3,14)15/h7-8,12H,4-6,10H2,1-3H3,(H,11,13)/t7-,8-/m0/s1. The molecule has 0 rings (SSSR count). The van der Waals surface area contributed by atoms with E-state index in [1.807, 2.05) is 13.8 Å². The summed E-state index contributed by atoms with van der Waals surface area (Å²) in [4.78, 5) is 11.5. The van der Waals surface area contributed by atoms with E-state index in [2.05, 4.69) is 10.0 Å². The van der Waals surface area contributed by atoms with Crippen LogP contribution in [0.1, 0.15) is 20.3 Å². The van der Waals surface area contributed by atoms with Crippen LogP contribution in [0.15, 0.2) is 0 Å². The predicted molar refractivity (Wildman–Crippen MR) is 63.3 cm³/mol. The van der Waals surface area contributed by atoms with E-state index < -0.39 is 16.1 Å². The van der Waals surface area contributed by atoms with Crippen molar-refractivity contribution < 1.29 is 13.2 Å². The van der Waals surface area contributed by atoms with Gasteiger partial charge in [0, 0.05) is 13.1 Å². The number of hydrogen-bond donors (Lipinski definition) is 3. The molecule has 0 unspecified atom stereocenters. The highest BCUT2D eigenvalue weighted by Crippen LogP contribution is 2.04. The molecule has 0 radical (unpaired) electrons. The van der Waals surface area contributed by atoms with E-state index in [1.165, 1.54) is 0 Å². The summed E-state index contributed by atoms with van der Waals surface area (Å²) in [6.07, 6.45) is 1.90. The van der Waals surface area contributed by atoms with Crippen LogP contribution in [0.4, 0.5) is 0 Å². The molecule has 7 heteroatoms. The van der Waals surface area contributed by atoms with Gasteiger partial charge in [-0.25, -0.2) is 13.1 Å². The van der Waals surface area contributed by atoms with Crippen LogP contribution in [0.3, 0.4) is 0 Å². The first-order valence-corrected chi connectivity index (χ1v) is 7.15. The van der Waals surface area contributed by atoms with Crippen molar-refractivity contribution in [2.45, 2.75) is 26.3 Å². The molecule has 0 saturated heterocycles. The monoisotopic (exact) mass is 251 g/mol. The first kappa shape index (κ1) is 15.3. The van der Waals surface area contributed by atoms with E-state index in [4.69, 9.17) is 5.73 Å². The third-order valence-electron chi connectivity index (χ3n) is 2.35. The summed E-state index contributed by atoms with van der Waals surface area (Å²) in [5.74, 6) is -0.132. The van der Waals surface area contributed by atoms with Crippen molar-refractivity contribution in [3.8, 4) is 0 Å². The molecule has 0 saturated carbocycles. The summed E-state index contributed by atoms with van der Waals surface area (Å²) < 4.78 is 23.7. The lowest BCUT2D eigenvalue weighted by molar-refractivity contribution is -0.123. The van der Waals surface area contributed by atoms with Gasteiger partial charge in [-0.2, -0.15) is 0 Å². The maximum atomic E-state index is 11.5. The number of carbonyl (C=O) groups excluding carboxylic acids is 1. The molecule has 0 heterocycles. The van der Waals surface area contributed by atoms with Crippen molar-refractivity contribution in [3.63, 3.8) is 0 Å². The second kappa shape index (κ2) is 6.82. The maximum Gasteiger partial charge on any atom is 0.237 e. The average Bonchev–Trinajstić information content (AvgIpc) is 2.20. The van der Waals surface area contributed by atoms with E-state index in [0.717, 1.165) is 12.7 Å². The fraction of sp³-hybridized carbons (Fsp3) is 0.889. The number of hydrogen-bond acceptors (Lipinski definition) is 4. The summed E-state index contributed by atoms with van der Waals surface area (Å²) in [5.41, 5.74) is 5.69. The molecule has 96 valence electrons. The van der Waals surface area contributed by atoms with Crippen LogP contribution in [0, 0.1) is 5.92 Å². The molecular weight excluding hydrogens is 230 g/mol. The largest absolute Gasteiger partial charge is 0.353 e. The zero-order valence-corrected chi connectivity index (χ0v) is 10.8. The van der Waals surface area contributed by atoms with Crippen LogP contribution in [0.25, 0.3) is 0 Å². The molecule has 0 bridgehead atoms. The van der Waals surface area contributed by atoms with Gasteiger partial charge in [-0.15, -0.1) is 0 Å². The topological polar surface area (TPSA) is 101 Å². The van der Waals surface area contributed by atoms with Crippen molar-refractivity contribution in [1.29, 1.82) is 0 Å². The van der Waals surface area contributed by atoms with Gasteiger partial charge in [0.25, 0.3) is 0 Å². The molecule has 0 aliphatic carbocycles. The molecular formula is C9H21N3O3S. The number of amides is 1. The second-order valence-electron chi connectivity index (χ2n) is 3.87. The third-order valence-corrected chi connectivity index (χ3v) is 3.08. The van der Waals surface area contributed by atoms with Crippen molar-refractivity contribution in [2.24, 2.45) is 11.7 Å². The second-order valence-corrected chi connectivity index (χ2v) is 5.70. The molecule has 0 aromatic rings. The lowest BCUT2D eigenvalue weighted by Gasteiger charge is -2.17. The van der Waals surface area contributed by atoms with Gasteiger partial charge in [0.1, 0.15) is 0 Å². The molecule has 16 heavy (non-hydrogen) atoms. The first-order valence-electron chi connectivity index (χ1n) is 5.25. The zero-order chi connectivity index (χ0) is 12.8. The highest BCUT2D eigenvalue weighted by Gasteiger charge is 2.18. The molecule has 4 N–H and O–H groups in total. The Hall–Kier alpha value is -0.660. The smallest absolute Gasteiger partial charge is 0.237 e. The fourth-order valence-electron chi connectivity index (χ4n) is 1.05. The van der Waals surface area contributed by atoms with Gasteiger partial charge in [0.2, 0.25) is 15.9 Å². The van der Waals surface area contributed by atoms with Crippen molar-refractivity contribution in [3.05, 3.63) is 0 Å². The zero-order valence-electron chi connectivity index (χ0n) is 9.99. The van der Waals surface area contributed by atoms with Crippen molar-refractivity contribution in [1.82, 2.24) is 10.0 Å². The summed E-state index contributed by atoms with van der Waals surface area (Å²) >= 11 is 0. The summed E-state index contributed by atoms with van der Waals surface area (Å²) in [5, 5.41) is 2.58. The number of rotatable bonds is 7. The number of carbonyl (C=O) groups is 1. The lowest BCUT2D eigenvalue weighted by Crippen LogP contribution is -2.46. The van der Waals surface area contributed by atoms with E-state index in [0.29, 0.717) is 0 Å². The lowest BCUT2D eigenvalue weighted by atomic mass is 9.99. The Labute approximate surface area is 97.0 Å². The SMILES string of the molecule is CC[C@H](C)[C@H](N)C(=O)NCCNS(C)(=O)=O. The molecule has 0 aromatic heterocycles. The van der Waals surface area contributed by atoms with Gasteiger partial charge in [-0.1, -0.05) is 20.3 Å². The minimum Gasteiger partial charge on any atom is -0.353 e. The molecule has 1 amide bonds. The summed E-state index contributed by atoms with van der Waals surface area (Å²) in [7, 11) is -3.20. The average molecular weight is 251 g/mol. The molecule has 0 aliphatic rings. The van der Waals surface area contributed by atoms with Gasteiger partial charge in [-0.3, -0.25) is 4.79 Å². The molecule has 0 aromatic carbocycles. The van der Waals surface area contributed by atoms with Crippen LogP contribution in [-0.4, -0.2) is 39.7 Å². The molecule has 0 aliphatic heterocycles. The summed E-state index contributed by atoms with van der Waals surface area (Å²) in [6.45, 7) is 4.29. The van der Waals surface area contributed by atoms with Crippen molar-refractivity contribution >= 4 is 15.9 Å². The molecule has 0 spiro atoms. The minimum atomic E-state index is -3.20. The maximum absolute atomic E-state index is 11.5. The highest BCUT2D eigenvalue weighted by atomic mass is 32.2. The van der Waals surface area contributed by atoms with Gasteiger partial charge in [-0.05, 0) is 5.92 Å². The van der Waals surface area contributed by atoms with Crippen LogP contribution in [-0.2, 0) is 14.8 Å². The fourth-order valence-corrected chi connectivity index (χ4v) is 1.53. The molecule has 0 fully saturated rings. The first-order chi connectivity index (χ1) is 7.28. The Morgan fingerprint density at radius 3 is 2.38 bits per heavy atom. The highest BCUT2D eigenvalue weighted by molar-refractivity contribution is 7.88. The molecule has 6 nitrogen and oxygen atoms in total. The quantitative estimate of drug-likeness (QED) is 0.506. The van der Waals surface area contributed by atoms with E-state index in [1.54, 1.807) is 0 Å². The van der Waals surface area contributed by atoms with Gasteiger partial charge >= 0.3 is 0 Å². The van der Waals surface area contributed by atoms with Crippen LogP contribution >= 0.6 is 0 Å². The van der Waals surface area contributed by atoms with E-state index >= 15 is 0 Å². The number of nitrogens with two attached hydrogens (primary N) is 1. The van der Waals surface area contributed by atoms with Crippen molar-refractivity contribution in [2.75, 3.05) is 19.3 Å². The Morgan fingerprint density at radius 1 is 1.38 bits per heavy atom. The minimum absolute atomic E-state index is 0.114. The number of nitrogens with one attached hydrogen (secondary N) is 2. The van der Waals surface area contributed by atoms with Crippen LogP contribution in [0.5, 0.6) is 0 Å². The molecule has 2 atom stereocenters. The predicted octanol–water partition coefficient (Wildman–Crippen LogP) is -0.975. The Kier molecular flexibility index (Phi) is 6.54. The summed E-state index contributed by atoms with van der Waals surface area (Å²) in [6, 6.07) is -0.539. The number of sulfonamides is 1. The van der Waals surface area contributed by atoms with Crippen LogP contribution < -0.4 is 15.8 Å². The van der Waals surface area contributed by atoms with Gasteiger partial charge in [0.05, 0.1) is 12.3 Å². The van der Waals surface area contributed by atoms with Gasteiger partial charge < -0.3 is 11.1 Å².